The second-order valence-electron chi connectivity index (χ2n) is 4.01. The number of nitrogens with zero attached hydrogens (tertiary/aromatic N) is 1. The minimum atomic E-state index is -0.702. The van der Waals surface area contributed by atoms with Gasteiger partial charge in [-0.2, -0.15) is 0 Å². The van der Waals surface area contributed by atoms with E-state index in [0.29, 0.717) is 6.54 Å². The number of amides is 1. The van der Waals surface area contributed by atoms with E-state index in [0.717, 1.165) is 31.0 Å². The molecule has 0 aliphatic carbocycles. The fourth-order valence-corrected chi connectivity index (χ4v) is 2.18. The molecule has 104 valence electrons. The van der Waals surface area contributed by atoms with Gasteiger partial charge in [-0.1, -0.05) is 29.3 Å². The van der Waals surface area contributed by atoms with Crippen molar-refractivity contribution < 1.29 is 14.1 Å². The topological polar surface area (TPSA) is 72.2 Å². The van der Waals surface area contributed by atoms with Crippen molar-refractivity contribution in [3.05, 3.63) is 39.7 Å². The number of nitro benzene ring substituents is 1. The molecule has 7 heteroatoms. The minimum Gasteiger partial charge on any atom is -0.351 e. The van der Waals surface area contributed by atoms with E-state index in [1.54, 1.807) is 0 Å². The van der Waals surface area contributed by atoms with E-state index in [-0.39, 0.29) is 10.4 Å². The second-order valence-corrected chi connectivity index (χ2v) is 5.31. The lowest BCUT2D eigenvalue weighted by Gasteiger charge is -2.10. The number of nitro groups is 1. The third-order valence-corrected chi connectivity index (χ3v) is 3.27. The van der Waals surface area contributed by atoms with Crippen molar-refractivity contribution in [1.29, 1.82) is 0 Å². The van der Waals surface area contributed by atoms with Gasteiger partial charge in [0.2, 0.25) is 0 Å². The summed E-state index contributed by atoms with van der Waals surface area (Å²) in [7, 11) is 0. The molecule has 1 N–H and O–H groups in total. The number of carbonyl (C=O) groups excluding carboxylic acids is 1. The number of alkyl halides is 1. The molecule has 0 bridgehead atoms. The monoisotopic (exact) mass is 332 g/mol. The van der Waals surface area contributed by atoms with Gasteiger partial charge in [0, 0.05) is 17.4 Å². The Bertz CT molecular complexity index is 482. The number of halogens is 2. The molecule has 1 atom stereocenters. The summed E-state index contributed by atoms with van der Waals surface area (Å²) in [5.74, 6) is -1.33. The fourth-order valence-electron chi connectivity index (χ4n) is 1.56. The second kappa shape index (κ2) is 7.18. The van der Waals surface area contributed by atoms with Crippen LogP contribution in [-0.2, 0) is 0 Å². The Morgan fingerprint density at radius 3 is 2.84 bits per heavy atom. The Morgan fingerprint density at radius 1 is 1.58 bits per heavy atom. The highest BCUT2D eigenvalue weighted by Gasteiger charge is 2.21. The van der Waals surface area contributed by atoms with Gasteiger partial charge in [0.1, 0.15) is 11.4 Å². The minimum absolute atomic E-state index is 0.0917. The predicted octanol–water partition coefficient (Wildman–Crippen LogP) is 3.03. The van der Waals surface area contributed by atoms with Crippen molar-refractivity contribution in [1.82, 2.24) is 5.32 Å². The van der Waals surface area contributed by atoms with E-state index in [9.17, 15) is 19.3 Å². The molecule has 0 radical (unpaired) electrons. The largest absolute Gasteiger partial charge is 0.351 e. The van der Waals surface area contributed by atoms with Gasteiger partial charge in [0.25, 0.3) is 11.6 Å². The van der Waals surface area contributed by atoms with Crippen LogP contribution in [0.4, 0.5) is 10.1 Å². The third kappa shape index (κ3) is 4.59. The first kappa shape index (κ1) is 15.6. The highest BCUT2D eigenvalue weighted by molar-refractivity contribution is 9.09. The number of benzene rings is 1. The summed E-state index contributed by atoms with van der Waals surface area (Å²) in [6.07, 6.45) is 1.82. The molecule has 1 aromatic carbocycles. The molecule has 5 nitrogen and oxygen atoms in total. The van der Waals surface area contributed by atoms with Crippen LogP contribution in [0.25, 0.3) is 0 Å². The number of nitrogens with one attached hydrogen (secondary N) is 1. The molecule has 0 aromatic heterocycles. The van der Waals surface area contributed by atoms with Gasteiger partial charge >= 0.3 is 0 Å². The van der Waals surface area contributed by atoms with Crippen LogP contribution in [-0.4, -0.2) is 22.2 Å². The zero-order chi connectivity index (χ0) is 14.4. The number of rotatable bonds is 6. The molecule has 0 fully saturated rings. The number of hydrogen-bond acceptors (Lipinski definition) is 3. The summed E-state index contributed by atoms with van der Waals surface area (Å²) < 4.78 is 13.1. The summed E-state index contributed by atoms with van der Waals surface area (Å²) in [6.45, 7) is 2.34. The Hall–Kier alpha value is -1.50. The Labute approximate surface area is 118 Å². The summed E-state index contributed by atoms with van der Waals surface area (Å²) in [4.78, 5) is 22.0. The van der Waals surface area contributed by atoms with Crippen molar-refractivity contribution in [2.75, 3.05) is 6.54 Å². The molecule has 0 heterocycles. The lowest BCUT2D eigenvalue weighted by molar-refractivity contribution is -0.385. The van der Waals surface area contributed by atoms with Gasteiger partial charge in [-0.15, -0.1) is 0 Å². The Morgan fingerprint density at radius 2 is 2.26 bits per heavy atom. The zero-order valence-electron chi connectivity index (χ0n) is 10.4. The molecule has 1 amide bonds. The zero-order valence-corrected chi connectivity index (χ0v) is 11.9. The van der Waals surface area contributed by atoms with Crippen molar-refractivity contribution in [2.24, 2.45) is 0 Å². The van der Waals surface area contributed by atoms with Crippen molar-refractivity contribution in [3.63, 3.8) is 0 Å². The van der Waals surface area contributed by atoms with E-state index in [1.807, 2.05) is 6.92 Å². The first-order valence-corrected chi connectivity index (χ1v) is 6.73. The van der Waals surface area contributed by atoms with Crippen LogP contribution in [0.1, 0.15) is 30.1 Å². The average Bonchev–Trinajstić information content (AvgIpc) is 2.35. The van der Waals surface area contributed by atoms with Crippen LogP contribution in [0.3, 0.4) is 0 Å². The number of hydrogen-bond donors (Lipinski definition) is 1. The Kier molecular flexibility index (Phi) is 5.88. The molecule has 0 aliphatic rings. The summed E-state index contributed by atoms with van der Waals surface area (Å²) >= 11 is 3.38. The fraction of sp³-hybridized carbons (Fsp3) is 0.417. The van der Waals surface area contributed by atoms with Crippen LogP contribution in [0, 0.1) is 15.9 Å². The standard InChI is InChI=1S/C12H14BrFN2O3/c1-2-3-8(13)7-15-12(17)10-6-9(14)4-5-11(10)16(18)19/h4-6,8H,2-3,7H2,1H3,(H,15,17). The summed E-state index contributed by atoms with van der Waals surface area (Å²) in [5, 5.41) is 13.3. The molecule has 0 saturated heterocycles. The lowest BCUT2D eigenvalue weighted by Crippen LogP contribution is -2.30. The lowest BCUT2D eigenvalue weighted by atomic mass is 10.1. The summed E-state index contributed by atoms with van der Waals surface area (Å²) in [5.41, 5.74) is -0.665. The maximum Gasteiger partial charge on any atom is 0.282 e. The van der Waals surface area contributed by atoms with Crippen LogP contribution >= 0.6 is 15.9 Å². The quantitative estimate of drug-likeness (QED) is 0.494. The van der Waals surface area contributed by atoms with E-state index in [1.165, 1.54) is 0 Å². The van der Waals surface area contributed by atoms with Gasteiger partial charge in [0.05, 0.1) is 4.92 Å². The van der Waals surface area contributed by atoms with Gasteiger partial charge in [0.15, 0.2) is 0 Å². The molecular weight excluding hydrogens is 319 g/mol. The molecule has 1 aromatic rings. The number of carbonyl (C=O) groups is 1. The molecule has 0 saturated carbocycles. The Balaban J connectivity index is 2.81. The van der Waals surface area contributed by atoms with Gasteiger partial charge in [-0.05, 0) is 18.6 Å². The van der Waals surface area contributed by atoms with Gasteiger partial charge in [-0.25, -0.2) is 4.39 Å². The van der Waals surface area contributed by atoms with Crippen molar-refractivity contribution in [2.45, 2.75) is 24.6 Å². The SMILES string of the molecule is CCCC(Br)CNC(=O)c1cc(F)ccc1[N+](=O)[O-]. The highest BCUT2D eigenvalue weighted by atomic mass is 79.9. The van der Waals surface area contributed by atoms with Crippen molar-refractivity contribution in [3.8, 4) is 0 Å². The van der Waals surface area contributed by atoms with Gasteiger partial charge < -0.3 is 5.32 Å². The first-order valence-electron chi connectivity index (χ1n) is 5.82. The first-order chi connectivity index (χ1) is 8.95. The smallest absolute Gasteiger partial charge is 0.282 e. The van der Waals surface area contributed by atoms with E-state index in [2.05, 4.69) is 21.2 Å². The average molecular weight is 333 g/mol. The molecule has 19 heavy (non-hydrogen) atoms. The van der Waals surface area contributed by atoms with E-state index < -0.39 is 22.3 Å². The highest BCUT2D eigenvalue weighted by Crippen LogP contribution is 2.19. The van der Waals surface area contributed by atoms with Crippen molar-refractivity contribution >= 4 is 27.5 Å². The van der Waals surface area contributed by atoms with Crippen LogP contribution in [0.2, 0.25) is 0 Å². The normalized spacial score (nSPS) is 11.9. The maximum absolute atomic E-state index is 13.1. The van der Waals surface area contributed by atoms with Crippen LogP contribution in [0.5, 0.6) is 0 Å². The maximum atomic E-state index is 13.1. The van der Waals surface area contributed by atoms with E-state index in [4.69, 9.17) is 0 Å². The molecular formula is C12H14BrFN2O3. The molecule has 0 aliphatic heterocycles. The third-order valence-electron chi connectivity index (χ3n) is 2.49. The molecule has 1 unspecified atom stereocenters. The molecule has 0 spiro atoms. The summed E-state index contributed by atoms with van der Waals surface area (Å²) in [6, 6.07) is 2.82. The predicted molar refractivity (Wildman–Crippen MR) is 73.0 cm³/mol. The van der Waals surface area contributed by atoms with Crippen LogP contribution < -0.4 is 5.32 Å². The van der Waals surface area contributed by atoms with Gasteiger partial charge in [-0.3, -0.25) is 14.9 Å². The molecule has 1 rings (SSSR count). The van der Waals surface area contributed by atoms with E-state index >= 15 is 0 Å². The van der Waals surface area contributed by atoms with Crippen LogP contribution in [0.15, 0.2) is 18.2 Å².